The summed E-state index contributed by atoms with van der Waals surface area (Å²) >= 11 is 0. The van der Waals surface area contributed by atoms with Gasteiger partial charge in [0, 0.05) is 12.1 Å². The Hall–Kier alpha value is -2.08. The maximum absolute atomic E-state index is 12.6. The average molecular weight is 314 g/mol. The maximum atomic E-state index is 12.6. The lowest BCUT2D eigenvalue weighted by Gasteiger charge is -2.38. The largest absolute Gasteiger partial charge is 0.465 e. The van der Waals surface area contributed by atoms with Crippen molar-refractivity contribution in [2.24, 2.45) is 0 Å². The van der Waals surface area contributed by atoms with Gasteiger partial charge in [-0.2, -0.15) is 0 Å². The SMILES string of the molecule is Cc1ccc(CNC(=O)C2Cc3[nH]cnc3C3(CCCC3)N2)o1. The highest BCUT2D eigenvalue weighted by atomic mass is 16.3. The third-order valence-electron chi connectivity index (χ3n) is 5.04. The quantitative estimate of drug-likeness (QED) is 0.808. The van der Waals surface area contributed by atoms with Crippen molar-refractivity contribution in [1.29, 1.82) is 0 Å². The number of carbonyl (C=O) groups is 1. The smallest absolute Gasteiger partial charge is 0.237 e. The Labute approximate surface area is 135 Å². The van der Waals surface area contributed by atoms with Crippen LogP contribution in [0.25, 0.3) is 0 Å². The van der Waals surface area contributed by atoms with Crippen molar-refractivity contribution in [3.63, 3.8) is 0 Å². The fraction of sp³-hybridized carbons (Fsp3) is 0.529. The maximum Gasteiger partial charge on any atom is 0.237 e. The van der Waals surface area contributed by atoms with Crippen molar-refractivity contribution in [1.82, 2.24) is 20.6 Å². The van der Waals surface area contributed by atoms with Crippen molar-refractivity contribution < 1.29 is 9.21 Å². The molecule has 1 aliphatic heterocycles. The topological polar surface area (TPSA) is 83.0 Å². The zero-order chi connectivity index (χ0) is 15.9. The molecule has 0 aromatic carbocycles. The summed E-state index contributed by atoms with van der Waals surface area (Å²) in [7, 11) is 0. The fourth-order valence-electron chi connectivity index (χ4n) is 3.94. The van der Waals surface area contributed by atoms with E-state index in [0.717, 1.165) is 35.7 Å². The van der Waals surface area contributed by atoms with E-state index in [0.29, 0.717) is 13.0 Å². The Bertz CT molecular complexity index is 712. The van der Waals surface area contributed by atoms with Gasteiger partial charge in [-0.05, 0) is 31.9 Å². The number of hydrogen-bond donors (Lipinski definition) is 3. The van der Waals surface area contributed by atoms with E-state index >= 15 is 0 Å². The predicted molar refractivity (Wildman–Crippen MR) is 84.7 cm³/mol. The molecule has 6 heteroatoms. The van der Waals surface area contributed by atoms with E-state index in [2.05, 4.69) is 20.6 Å². The molecule has 1 fully saturated rings. The van der Waals surface area contributed by atoms with Gasteiger partial charge >= 0.3 is 0 Å². The van der Waals surface area contributed by atoms with Crippen LogP contribution in [0.15, 0.2) is 22.9 Å². The molecule has 6 nitrogen and oxygen atoms in total. The minimum Gasteiger partial charge on any atom is -0.465 e. The molecule has 3 N–H and O–H groups in total. The Morgan fingerprint density at radius 3 is 3.00 bits per heavy atom. The molecule has 1 aliphatic carbocycles. The van der Waals surface area contributed by atoms with Crippen LogP contribution in [0.4, 0.5) is 0 Å². The molecule has 1 atom stereocenters. The molecule has 1 spiro atoms. The van der Waals surface area contributed by atoms with Crippen LogP contribution in [0, 0.1) is 6.92 Å². The van der Waals surface area contributed by atoms with Gasteiger partial charge in [0.2, 0.25) is 5.91 Å². The normalized spacial score (nSPS) is 22.2. The molecule has 0 saturated heterocycles. The third-order valence-corrected chi connectivity index (χ3v) is 5.04. The van der Waals surface area contributed by atoms with Crippen molar-refractivity contribution in [2.45, 2.75) is 57.2 Å². The minimum atomic E-state index is -0.225. The number of rotatable bonds is 3. The van der Waals surface area contributed by atoms with Crippen LogP contribution < -0.4 is 10.6 Å². The van der Waals surface area contributed by atoms with E-state index in [9.17, 15) is 4.79 Å². The van der Waals surface area contributed by atoms with Crippen molar-refractivity contribution in [3.8, 4) is 0 Å². The van der Waals surface area contributed by atoms with Gasteiger partial charge in [0.15, 0.2) is 0 Å². The van der Waals surface area contributed by atoms with Crippen LogP contribution in [0.5, 0.6) is 0 Å². The monoisotopic (exact) mass is 314 g/mol. The van der Waals surface area contributed by atoms with E-state index in [-0.39, 0.29) is 17.5 Å². The highest BCUT2D eigenvalue weighted by molar-refractivity contribution is 5.82. The molecular weight excluding hydrogens is 292 g/mol. The van der Waals surface area contributed by atoms with E-state index in [1.165, 1.54) is 12.8 Å². The first-order valence-electron chi connectivity index (χ1n) is 8.30. The second kappa shape index (κ2) is 5.53. The number of carbonyl (C=O) groups excluding carboxylic acids is 1. The minimum absolute atomic E-state index is 0.0191. The van der Waals surface area contributed by atoms with E-state index < -0.39 is 0 Å². The van der Waals surface area contributed by atoms with Crippen LogP contribution in [0.2, 0.25) is 0 Å². The number of aromatic nitrogens is 2. The molecule has 0 radical (unpaired) electrons. The van der Waals surface area contributed by atoms with Crippen LogP contribution >= 0.6 is 0 Å². The molecule has 2 aromatic rings. The Morgan fingerprint density at radius 1 is 1.43 bits per heavy atom. The van der Waals surface area contributed by atoms with Gasteiger partial charge in [-0.1, -0.05) is 12.8 Å². The summed E-state index contributed by atoms with van der Waals surface area (Å²) in [5, 5.41) is 6.57. The van der Waals surface area contributed by atoms with Gasteiger partial charge in [-0.25, -0.2) is 4.98 Å². The van der Waals surface area contributed by atoms with E-state index in [4.69, 9.17) is 4.42 Å². The first-order chi connectivity index (χ1) is 11.2. The summed E-state index contributed by atoms with van der Waals surface area (Å²) in [5.41, 5.74) is 2.08. The average Bonchev–Trinajstić information content (AvgIpc) is 3.26. The number of fused-ring (bicyclic) bond motifs is 2. The van der Waals surface area contributed by atoms with Crippen LogP contribution in [-0.2, 0) is 23.3 Å². The van der Waals surface area contributed by atoms with Gasteiger partial charge in [-0.3, -0.25) is 10.1 Å². The number of aromatic amines is 1. The number of imidazole rings is 1. The second-order valence-electron chi connectivity index (χ2n) is 6.65. The van der Waals surface area contributed by atoms with Gasteiger partial charge in [-0.15, -0.1) is 0 Å². The van der Waals surface area contributed by atoms with Crippen LogP contribution in [0.3, 0.4) is 0 Å². The van der Waals surface area contributed by atoms with Gasteiger partial charge in [0.05, 0.1) is 30.1 Å². The molecule has 4 rings (SSSR count). The van der Waals surface area contributed by atoms with Crippen molar-refractivity contribution in [2.75, 3.05) is 0 Å². The number of nitrogens with one attached hydrogen (secondary N) is 3. The molecule has 23 heavy (non-hydrogen) atoms. The number of amides is 1. The third kappa shape index (κ3) is 2.57. The molecular formula is C17H22N4O2. The molecule has 0 bridgehead atoms. The molecule has 1 amide bonds. The second-order valence-corrected chi connectivity index (χ2v) is 6.65. The molecule has 3 heterocycles. The Balaban J connectivity index is 1.48. The zero-order valence-corrected chi connectivity index (χ0v) is 13.3. The predicted octanol–water partition coefficient (Wildman–Crippen LogP) is 1.91. The summed E-state index contributed by atoms with van der Waals surface area (Å²) in [6.07, 6.45) is 6.86. The van der Waals surface area contributed by atoms with Gasteiger partial charge in [0.25, 0.3) is 0 Å². The highest BCUT2D eigenvalue weighted by Crippen LogP contribution is 2.41. The molecule has 122 valence electrons. The summed E-state index contributed by atoms with van der Waals surface area (Å²) in [5.74, 6) is 1.66. The summed E-state index contributed by atoms with van der Waals surface area (Å²) in [4.78, 5) is 20.3. The fourth-order valence-corrected chi connectivity index (χ4v) is 3.94. The molecule has 1 unspecified atom stereocenters. The molecule has 2 aromatic heterocycles. The van der Waals surface area contributed by atoms with Crippen molar-refractivity contribution in [3.05, 3.63) is 41.4 Å². The zero-order valence-electron chi connectivity index (χ0n) is 13.3. The summed E-state index contributed by atoms with van der Waals surface area (Å²) in [6, 6.07) is 3.58. The molecule has 1 saturated carbocycles. The first-order valence-corrected chi connectivity index (χ1v) is 8.30. The highest BCUT2D eigenvalue weighted by Gasteiger charge is 2.45. The van der Waals surface area contributed by atoms with Gasteiger partial charge in [0.1, 0.15) is 11.5 Å². The number of nitrogens with zero attached hydrogens (tertiary/aromatic N) is 1. The Morgan fingerprint density at radius 2 is 2.26 bits per heavy atom. The van der Waals surface area contributed by atoms with E-state index in [1.54, 1.807) is 6.33 Å². The van der Waals surface area contributed by atoms with Crippen LogP contribution in [0.1, 0.15) is 48.6 Å². The molecule has 2 aliphatic rings. The summed E-state index contributed by atoms with van der Waals surface area (Å²) in [6.45, 7) is 2.32. The van der Waals surface area contributed by atoms with E-state index in [1.807, 2.05) is 19.1 Å². The number of aryl methyl sites for hydroxylation is 1. The first kappa shape index (κ1) is 14.5. The lowest BCUT2D eigenvalue weighted by molar-refractivity contribution is -0.124. The van der Waals surface area contributed by atoms with Crippen molar-refractivity contribution >= 4 is 5.91 Å². The lowest BCUT2D eigenvalue weighted by atomic mass is 9.85. The standard InChI is InChI=1S/C17H22N4O2/c1-11-4-5-12(23-11)9-18-16(22)14-8-13-15(20-10-19-13)17(21-14)6-2-3-7-17/h4-5,10,14,21H,2-3,6-9H2,1H3,(H,18,22)(H,19,20). The van der Waals surface area contributed by atoms with Gasteiger partial charge < -0.3 is 14.7 Å². The Kier molecular flexibility index (Phi) is 3.49. The number of H-pyrrole nitrogens is 1. The number of furan rings is 1. The van der Waals surface area contributed by atoms with Crippen LogP contribution in [-0.4, -0.2) is 21.9 Å². The summed E-state index contributed by atoms with van der Waals surface area (Å²) < 4.78 is 5.51. The lowest BCUT2D eigenvalue weighted by Crippen LogP contribution is -2.57. The number of hydrogen-bond acceptors (Lipinski definition) is 4.